The van der Waals surface area contributed by atoms with Gasteiger partial charge in [-0.1, -0.05) is 38.1 Å². The van der Waals surface area contributed by atoms with Gasteiger partial charge in [-0.2, -0.15) is 0 Å². The summed E-state index contributed by atoms with van der Waals surface area (Å²) in [5.41, 5.74) is 8.36. The van der Waals surface area contributed by atoms with Gasteiger partial charge in [-0.25, -0.2) is 0 Å². The number of aliphatic hydroxyl groups is 1. The number of hydrogen-bond acceptors (Lipinski definition) is 2. The Hall–Kier alpha value is -0.860. The van der Waals surface area contributed by atoms with E-state index in [1.165, 1.54) is 11.1 Å². The minimum Gasteiger partial charge on any atom is -0.389 e. The van der Waals surface area contributed by atoms with Gasteiger partial charge in [0.25, 0.3) is 0 Å². The highest BCUT2D eigenvalue weighted by Gasteiger charge is 2.52. The highest BCUT2D eigenvalue weighted by atomic mass is 16.3. The topological polar surface area (TPSA) is 46.2 Å². The van der Waals surface area contributed by atoms with Crippen molar-refractivity contribution in [2.75, 3.05) is 6.54 Å². The number of aryl methyl sites for hydroxylation is 1. The number of hydrogen-bond donors (Lipinski definition) is 2. The van der Waals surface area contributed by atoms with E-state index in [4.69, 9.17) is 5.73 Å². The van der Waals surface area contributed by atoms with Crippen LogP contribution in [-0.2, 0) is 12.8 Å². The minimum absolute atomic E-state index is 0.129. The summed E-state index contributed by atoms with van der Waals surface area (Å²) >= 11 is 0. The molecule has 1 saturated carbocycles. The van der Waals surface area contributed by atoms with Crippen LogP contribution in [0, 0.1) is 17.3 Å². The smallest absolute Gasteiger partial charge is 0.0721 e. The number of fused-ring (bicyclic) bond motifs is 1. The molecule has 3 N–H and O–H groups in total. The molecule has 3 rings (SSSR count). The fraction of sp³-hybridized carbons (Fsp3) is 0.684. The van der Waals surface area contributed by atoms with Gasteiger partial charge >= 0.3 is 0 Å². The monoisotopic (exact) mass is 287 g/mol. The molecule has 2 aliphatic rings. The van der Waals surface area contributed by atoms with Crippen molar-refractivity contribution in [1.29, 1.82) is 0 Å². The van der Waals surface area contributed by atoms with Crippen LogP contribution in [-0.4, -0.2) is 17.3 Å². The third kappa shape index (κ3) is 2.43. The lowest BCUT2D eigenvalue weighted by Crippen LogP contribution is -2.58. The molecule has 0 radical (unpaired) electrons. The van der Waals surface area contributed by atoms with E-state index >= 15 is 0 Å². The molecule has 2 aliphatic carbocycles. The predicted molar refractivity (Wildman–Crippen MR) is 87.1 cm³/mol. The van der Waals surface area contributed by atoms with Gasteiger partial charge in [-0.3, -0.25) is 0 Å². The van der Waals surface area contributed by atoms with Crippen LogP contribution in [0.1, 0.15) is 50.7 Å². The molecule has 0 amide bonds. The van der Waals surface area contributed by atoms with E-state index in [1.807, 2.05) is 0 Å². The van der Waals surface area contributed by atoms with Gasteiger partial charge in [0.2, 0.25) is 0 Å². The first-order valence-corrected chi connectivity index (χ1v) is 8.49. The van der Waals surface area contributed by atoms with Crippen molar-refractivity contribution in [3.05, 3.63) is 35.4 Å². The molecule has 0 aliphatic heterocycles. The first kappa shape index (κ1) is 15.1. The molecule has 0 aromatic heterocycles. The lowest BCUT2D eigenvalue weighted by atomic mass is 9.55. The van der Waals surface area contributed by atoms with Gasteiger partial charge in [0, 0.05) is 12.0 Å². The average Bonchev–Trinajstić information content (AvgIpc) is 2.50. The van der Waals surface area contributed by atoms with E-state index in [2.05, 4.69) is 38.1 Å². The summed E-state index contributed by atoms with van der Waals surface area (Å²) in [5.74, 6) is 1.31. The van der Waals surface area contributed by atoms with E-state index in [0.717, 1.165) is 44.4 Å². The number of benzene rings is 1. The highest BCUT2D eigenvalue weighted by molar-refractivity contribution is 5.32. The lowest BCUT2D eigenvalue weighted by molar-refractivity contribution is -0.131. The molecule has 0 heterocycles. The summed E-state index contributed by atoms with van der Waals surface area (Å²) in [6, 6.07) is 8.68. The molecule has 0 bridgehead atoms. The molecule has 1 fully saturated rings. The van der Waals surface area contributed by atoms with Gasteiger partial charge < -0.3 is 10.8 Å². The molecule has 1 aromatic carbocycles. The zero-order valence-electron chi connectivity index (χ0n) is 13.4. The maximum atomic E-state index is 11.5. The molecule has 1 aromatic rings. The van der Waals surface area contributed by atoms with Crippen LogP contribution < -0.4 is 5.73 Å². The fourth-order valence-corrected chi connectivity index (χ4v) is 4.63. The van der Waals surface area contributed by atoms with Gasteiger partial charge in [0.05, 0.1) is 5.60 Å². The molecule has 21 heavy (non-hydrogen) atoms. The number of nitrogens with two attached hydrogens (primary N) is 1. The van der Waals surface area contributed by atoms with Crippen molar-refractivity contribution in [2.45, 2.75) is 58.0 Å². The number of rotatable bonds is 2. The van der Waals surface area contributed by atoms with E-state index < -0.39 is 5.60 Å². The van der Waals surface area contributed by atoms with Crippen molar-refractivity contribution in [2.24, 2.45) is 23.0 Å². The van der Waals surface area contributed by atoms with Crippen LogP contribution in [0.2, 0.25) is 0 Å². The van der Waals surface area contributed by atoms with Crippen LogP contribution in [0.15, 0.2) is 24.3 Å². The van der Waals surface area contributed by atoms with E-state index in [0.29, 0.717) is 12.5 Å². The van der Waals surface area contributed by atoms with Crippen molar-refractivity contribution in [1.82, 2.24) is 0 Å². The standard InChI is InChI=1S/C19H29NO/c1-14-7-10-19(21,11-15(14)2)18(13-20)9-8-16-5-3-4-6-17(16)12-18/h3-6,14-15,21H,7-13,20H2,1-2H3. The van der Waals surface area contributed by atoms with Crippen molar-refractivity contribution in [3.63, 3.8) is 0 Å². The van der Waals surface area contributed by atoms with Crippen molar-refractivity contribution in [3.8, 4) is 0 Å². The van der Waals surface area contributed by atoms with Crippen LogP contribution in [0.25, 0.3) is 0 Å². The zero-order chi connectivity index (χ0) is 15.1. The minimum atomic E-state index is -0.582. The Kier molecular flexibility index (Phi) is 3.87. The van der Waals surface area contributed by atoms with Gasteiger partial charge in [-0.05, 0) is 61.5 Å². The Labute approximate surface area is 128 Å². The Morgan fingerprint density at radius 1 is 1.14 bits per heavy atom. The zero-order valence-corrected chi connectivity index (χ0v) is 13.4. The maximum Gasteiger partial charge on any atom is 0.0721 e. The maximum absolute atomic E-state index is 11.5. The molecule has 4 unspecified atom stereocenters. The molecule has 116 valence electrons. The Balaban J connectivity index is 1.91. The van der Waals surface area contributed by atoms with Crippen LogP contribution in [0.3, 0.4) is 0 Å². The first-order chi connectivity index (χ1) is 10.00. The summed E-state index contributed by atoms with van der Waals surface area (Å²) in [6.07, 6.45) is 5.97. The third-order valence-electron chi connectivity index (χ3n) is 6.54. The van der Waals surface area contributed by atoms with Gasteiger partial charge in [0.15, 0.2) is 0 Å². The summed E-state index contributed by atoms with van der Waals surface area (Å²) in [6.45, 7) is 5.20. The molecular formula is C19H29NO. The van der Waals surface area contributed by atoms with Crippen LogP contribution in [0.5, 0.6) is 0 Å². The summed E-state index contributed by atoms with van der Waals surface area (Å²) in [4.78, 5) is 0. The van der Waals surface area contributed by atoms with Crippen molar-refractivity contribution < 1.29 is 5.11 Å². The normalized spacial score (nSPS) is 39.8. The summed E-state index contributed by atoms with van der Waals surface area (Å²) < 4.78 is 0. The van der Waals surface area contributed by atoms with Crippen molar-refractivity contribution >= 4 is 0 Å². The molecular weight excluding hydrogens is 258 g/mol. The predicted octanol–water partition coefficient (Wildman–Crippen LogP) is 3.31. The van der Waals surface area contributed by atoms with Gasteiger partial charge in [-0.15, -0.1) is 0 Å². The van der Waals surface area contributed by atoms with Crippen LogP contribution in [0.4, 0.5) is 0 Å². The SMILES string of the molecule is CC1CCC(O)(C2(CN)CCc3ccccc3C2)CC1C. The second-order valence-electron chi connectivity index (χ2n) is 7.66. The highest BCUT2D eigenvalue weighted by Crippen LogP contribution is 2.51. The summed E-state index contributed by atoms with van der Waals surface area (Å²) in [5, 5.41) is 11.5. The fourth-order valence-electron chi connectivity index (χ4n) is 4.63. The molecule has 4 atom stereocenters. The quantitative estimate of drug-likeness (QED) is 0.876. The first-order valence-electron chi connectivity index (χ1n) is 8.49. The second-order valence-corrected chi connectivity index (χ2v) is 7.66. The Morgan fingerprint density at radius 3 is 2.52 bits per heavy atom. The van der Waals surface area contributed by atoms with Crippen LogP contribution >= 0.6 is 0 Å². The summed E-state index contributed by atoms with van der Waals surface area (Å²) in [7, 11) is 0. The Bertz CT molecular complexity index is 514. The molecule has 2 nitrogen and oxygen atoms in total. The van der Waals surface area contributed by atoms with E-state index in [-0.39, 0.29) is 5.41 Å². The second kappa shape index (κ2) is 5.40. The van der Waals surface area contributed by atoms with Gasteiger partial charge in [0.1, 0.15) is 0 Å². The molecule has 2 heteroatoms. The largest absolute Gasteiger partial charge is 0.389 e. The van der Waals surface area contributed by atoms with E-state index in [1.54, 1.807) is 0 Å². The average molecular weight is 287 g/mol. The lowest BCUT2D eigenvalue weighted by Gasteiger charge is -2.53. The van der Waals surface area contributed by atoms with E-state index in [9.17, 15) is 5.11 Å². The molecule has 0 spiro atoms. The molecule has 0 saturated heterocycles. The Morgan fingerprint density at radius 2 is 1.86 bits per heavy atom. The third-order valence-corrected chi connectivity index (χ3v) is 6.54.